The molecule has 2 aliphatic rings. The van der Waals surface area contributed by atoms with Gasteiger partial charge in [-0.25, -0.2) is 4.39 Å². The van der Waals surface area contributed by atoms with E-state index in [9.17, 15) is 4.39 Å². The van der Waals surface area contributed by atoms with E-state index >= 15 is 0 Å². The first-order chi connectivity index (χ1) is 8.72. The van der Waals surface area contributed by atoms with Gasteiger partial charge < -0.3 is 5.32 Å². The fourth-order valence-electron chi connectivity index (χ4n) is 2.53. The van der Waals surface area contributed by atoms with E-state index in [1.807, 2.05) is 0 Å². The Hall–Kier alpha value is -0.300. The number of nitrogens with zero attached hydrogens (tertiary/aromatic N) is 1. The van der Waals surface area contributed by atoms with E-state index in [1.54, 1.807) is 17.8 Å². The third-order valence-corrected chi connectivity index (χ3v) is 5.48. The van der Waals surface area contributed by atoms with Gasteiger partial charge in [0.1, 0.15) is 5.82 Å². The van der Waals surface area contributed by atoms with E-state index in [0.29, 0.717) is 6.04 Å². The van der Waals surface area contributed by atoms with Crippen molar-refractivity contribution < 1.29 is 4.39 Å². The minimum atomic E-state index is -0.195. The largest absolute Gasteiger partial charge is 0.334 e. The van der Waals surface area contributed by atoms with Crippen molar-refractivity contribution in [2.24, 2.45) is 10.9 Å². The molecule has 0 radical (unpaired) electrons. The molecule has 0 spiro atoms. The van der Waals surface area contributed by atoms with Crippen molar-refractivity contribution in [3.63, 3.8) is 0 Å². The van der Waals surface area contributed by atoms with Gasteiger partial charge in [0.15, 0.2) is 5.17 Å². The molecule has 2 nitrogen and oxygen atoms in total. The van der Waals surface area contributed by atoms with Gasteiger partial charge in [-0.3, -0.25) is 4.99 Å². The zero-order chi connectivity index (χ0) is 12.5. The van der Waals surface area contributed by atoms with Crippen molar-refractivity contribution in [1.29, 1.82) is 0 Å². The van der Waals surface area contributed by atoms with Crippen LogP contribution < -0.4 is 5.32 Å². The molecule has 0 amide bonds. The highest BCUT2D eigenvalue weighted by molar-refractivity contribution is 14.1. The van der Waals surface area contributed by atoms with Gasteiger partial charge in [0, 0.05) is 9.32 Å². The van der Waals surface area contributed by atoms with Crippen LogP contribution in [0.2, 0.25) is 0 Å². The monoisotopic (exact) mass is 376 g/mol. The van der Waals surface area contributed by atoms with Crippen LogP contribution >= 0.6 is 34.4 Å². The summed E-state index contributed by atoms with van der Waals surface area (Å²) in [5.41, 5.74) is 0.944. The van der Waals surface area contributed by atoms with Crippen molar-refractivity contribution in [3.05, 3.63) is 27.6 Å². The summed E-state index contributed by atoms with van der Waals surface area (Å²) >= 11 is 3.94. The number of amidine groups is 1. The van der Waals surface area contributed by atoms with Crippen LogP contribution in [0.3, 0.4) is 0 Å². The summed E-state index contributed by atoms with van der Waals surface area (Å²) in [4.78, 5) is 4.77. The molecule has 1 aliphatic heterocycles. The van der Waals surface area contributed by atoms with Crippen molar-refractivity contribution in [2.45, 2.75) is 25.3 Å². The van der Waals surface area contributed by atoms with Gasteiger partial charge in [-0.1, -0.05) is 18.2 Å². The number of hydrogen-bond donors (Lipinski definition) is 1. The summed E-state index contributed by atoms with van der Waals surface area (Å²) in [7, 11) is 0. The summed E-state index contributed by atoms with van der Waals surface area (Å²) in [6.07, 6.45) is 3.85. The average Bonchev–Trinajstić information content (AvgIpc) is 2.80. The maximum absolute atomic E-state index is 13.0. The van der Waals surface area contributed by atoms with E-state index in [4.69, 9.17) is 4.99 Å². The van der Waals surface area contributed by atoms with Crippen LogP contribution in [0, 0.1) is 15.3 Å². The van der Waals surface area contributed by atoms with E-state index in [0.717, 1.165) is 26.1 Å². The number of benzene rings is 1. The lowest BCUT2D eigenvalue weighted by atomic mass is 10.1. The van der Waals surface area contributed by atoms with Crippen LogP contribution in [0.1, 0.15) is 19.3 Å². The van der Waals surface area contributed by atoms with E-state index in [-0.39, 0.29) is 5.82 Å². The summed E-state index contributed by atoms with van der Waals surface area (Å²) in [6.45, 7) is 0. The number of rotatable bonds is 1. The minimum Gasteiger partial charge on any atom is -0.334 e. The Bertz CT molecular complexity index is 492. The predicted molar refractivity (Wildman–Crippen MR) is 83.8 cm³/mol. The highest BCUT2D eigenvalue weighted by Gasteiger charge is 2.31. The molecule has 1 aliphatic carbocycles. The standard InChI is InChI=1S/C13H14FIN2S/c14-9-4-5-12(10(15)6-9)17-13-16-11-3-1-2-8(11)7-18-13/h4-6,8,11H,1-3,7H2,(H,16,17). The van der Waals surface area contributed by atoms with Gasteiger partial charge in [0.05, 0.1) is 11.7 Å². The maximum atomic E-state index is 13.0. The lowest BCUT2D eigenvalue weighted by Gasteiger charge is -2.23. The first-order valence-corrected chi connectivity index (χ1v) is 8.21. The molecule has 0 aromatic heterocycles. The van der Waals surface area contributed by atoms with Crippen molar-refractivity contribution >= 4 is 45.2 Å². The first kappa shape index (κ1) is 12.7. The molecule has 1 N–H and O–H groups in total. The second-order valence-electron chi connectivity index (χ2n) is 4.75. The van der Waals surface area contributed by atoms with Crippen LogP contribution in [0.5, 0.6) is 0 Å². The van der Waals surface area contributed by atoms with E-state index in [1.165, 1.54) is 31.4 Å². The molecule has 0 bridgehead atoms. The molecule has 1 aromatic rings. The topological polar surface area (TPSA) is 24.4 Å². The fraction of sp³-hybridized carbons (Fsp3) is 0.462. The number of halogens is 2. The number of aliphatic imine (C=N–C) groups is 1. The highest BCUT2D eigenvalue weighted by atomic mass is 127. The molecule has 2 atom stereocenters. The second kappa shape index (κ2) is 5.36. The van der Waals surface area contributed by atoms with E-state index < -0.39 is 0 Å². The highest BCUT2D eigenvalue weighted by Crippen LogP contribution is 2.36. The lowest BCUT2D eigenvalue weighted by molar-refractivity contribution is 0.535. The minimum absolute atomic E-state index is 0.195. The first-order valence-electron chi connectivity index (χ1n) is 6.15. The van der Waals surface area contributed by atoms with Crippen molar-refractivity contribution in [2.75, 3.05) is 11.1 Å². The SMILES string of the molecule is Fc1ccc(NC2=NC3CCCC3CS2)c(I)c1. The van der Waals surface area contributed by atoms with Gasteiger partial charge in [0.2, 0.25) is 0 Å². The zero-order valence-corrected chi connectivity index (χ0v) is 12.8. The van der Waals surface area contributed by atoms with Gasteiger partial charge in [-0.15, -0.1) is 0 Å². The van der Waals surface area contributed by atoms with Gasteiger partial charge >= 0.3 is 0 Å². The van der Waals surface area contributed by atoms with Crippen LogP contribution in [0.4, 0.5) is 10.1 Å². The summed E-state index contributed by atoms with van der Waals surface area (Å²) in [5.74, 6) is 1.74. The number of anilines is 1. The lowest BCUT2D eigenvalue weighted by Crippen LogP contribution is -2.25. The number of hydrogen-bond acceptors (Lipinski definition) is 3. The fourth-order valence-corrected chi connectivity index (χ4v) is 4.29. The Balaban J connectivity index is 1.76. The molecule has 0 saturated heterocycles. The molecule has 96 valence electrons. The van der Waals surface area contributed by atoms with E-state index in [2.05, 4.69) is 27.9 Å². The predicted octanol–water partition coefficient (Wildman–Crippen LogP) is 4.11. The molecule has 18 heavy (non-hydrogen) atoms. The second-order valence-corrected chi connectivity index (χ2v) is 6.92. The maximum Gasteiger partial charge on any atom is 0.161 e. The van der Waals surface area contributed by atoms with Crippen LogP contribution in [-0.4, -0.2) is 17.0 Å². The molecule has 1 aromatic carbocycles. The molecule has 2 unspecified atom stereocenters. The summed E-state index contributed by atoms with van der Waals surface area (Å²) < 4.78 is 13.9. The quantitative estimate of drug-likeness (QED) is 0.746. The third kappa shape index (κ3) is 2.66. The molecule has 1 heterocycles. The average molecular weight is 376 g/mol. The molecule has 1 fully saturated rings. The number of fused-ring (bicyclic) bond motifs is 1. The Morgan fingerprint density at radius 1 is 1.39 bits per heavy atom. The van der Waals surface area contributed by atoms with Crippen LogP contribution in [0.15, 0.2) is 23.2 Å². The Morgan fingerprint density at radius 3 is 3.11 bits per heavy atom. The molecular weight excluding hydrogens is 362 g/mol. The number of thioether (sulfide) groups is 1. The Morgan fingerprint density at radius 2 is 2.28 bits per heavy atom. The third-order valence-electron chi connectivity index (χ3n) is 3.51. The molecule has 5 heteroatoms. The Kier molecular flexibility index (Phi) is 3.79. The summed E-state index contributed by atoms with van der Waals surface area (Å²) in [6, 6.07) is 5.31. The molecule has 3 rings (SSSR count). The summed E-state index contributed by atoms with van der Waals surface area (Å²) in [5, 5.41) is 4.32. The van der Waals surface area contributed by atoms with Crippen LogP contribution in [-0.2, 0) is 0 Å². The van der Waals surface area contributed by atoms with Gasteiger partial charge in [-0.05, 0) is 59.5 Å². The smallest absolute Gasteiger partial charge is 0.161 e. The van der Waals surface area contributed by atoms with Gasteiger partial charge in [0.25, 0.3) is 0 Å². The number of nitrogens with one attached hydrogen (secondary N) is 1. The zero-order valence-electron chi connectivity index (χ0n) is 9.83. The normalized spacial score (nSPS) is 26.7. The van der Waals surface area contributed by atoms with Crippen LogP contribution in [0.25, 0.3) is 0 Å². The van der Waals surface area contributed by atoms with Crippen molar-refractivity contribution in [1.82, 2.24) is 0 Å². The van der Waals surface area contributed by atoms with Crippen molar-refractivity contribution in [3.8, 4) is 0 Å². The Labute approximate surface area is 124 Å². The van der Waals surface area contributed by atoms with Gasteiger partial charge in [-0.2, -0.15) is 0 Å². The molecule has 1 saturated carbocycles. The molecular formula is C13H14FIN2S.